The molecule has 94 valence electrons. The van der Waals surface area contributed by atoms with Crippen LogP contribution in [0.25, 0.3) is 0 Å². The summed E-state index contributed by atoms with van der Waals surface area (Å²) in [6, 6.07) is 7.20. The van der Waals surface area contributed by atoms with E-state index in [1.165, 1.54) is 4.90 Å². The molecule has 4 nitrogen and oxygen atoms in total. The van der Waals surface area contributed by atoms with E-state index in [9.17, 15) is 9.59 Å². The number of halogens is 1. The van der Waals surface area contributed by atoms with Crippen molar-refractivity contribution in [2.45, 2.75) is 6.54 Å². The summed E-state index contributed by atoms with van der Waals surface area (Å²) in [5.74, 6) is -0.426. The molecular formula is C13H13ClN2O2. The van der Waals surface area contributed by atoms with Gasteiger partial charge in [-0.3, -0.25) is 14.5 Å². The third-order valence-corrected chi connectivity index (χ3v) is 4.01. The van der Waals surface area contributed by atoms with Crippen molar-refractivity contribution in [2.24, 2.45) is 23.5 Å². The molecular weight excluding hydrogens is 252 g/mol. The molecule has 1 saturated carbocycles. The Hall–Kier alpha value is -1.39. The van der Waals surface area contributed by atoms with E-state index >= 15 is 0 Å². The summed E-state index contributed by atoms with van der Waals surface area (Å²) in [5.41, 5.74) is 6.40. The number of carbonyl (C=O) groups excluding carboxylic acids is 2. The first-order valence-electron chi connectivity index (χ1n) is 5.93. The topological polar surface area (TPSA) is 63.4 Å². The molecule has 0 aromatic heterocycles. The zero-order valence-corrected chi connectivity index (χ0v) is 10.4. The van der Waals surface area contributed by atoms with Crippen molar-refractivity contribution in [3.8, 4) is 0 Å². The maximum Gasteiger partial charge on any atom is 0.233 e. The molecule has 2 fully saturated rings. The van der Waals surface area contributed by atoms with Gasteiger partial charge in [0.15, 0.2) is 0 Å². The first-order valence-corrected chi connectivity index (χ1v) is 6.31. The minimum absolute atomic E-state index is 0.0700. The fraction of sp³-hybridized carbons (Fsp3) is 0.385. The van der Waals surface area contributed by atoms with E-state index < -0.39 is 0 Å². The molecule has 0 bridgehead atoms. The Bertz CT molecular complexity index is 509. The lowest BCUT2D eigenvalue weighted by molar-refractivity contribution is -0.142. The summed E-state index contributed by atoms with van der Waals surface area (Å²) in [7, 11) is 0. The molecule has 2 atom stereocenters. The summed E-state index contributed by atoms with van der Waals surface area (Å²) in [4.78, 5) is 25.4. The van der Waals surface area contributed by atoms with Crippen LogP contribution in [0.5, 0.6) is 0 Å². The molecule has 1 aliphatic carbocycles. The Morgan fingerprint density at radius 1 is 1.22 bits per heavy atom. The van der Waals surface area contributed by atoms with Crippen molar-refractivity contribution in [1.82, 2.24) is 4.90 Å². The molecule has 1 aliphatic heterocycles. The molecule has 1 aromatic carbocycles. The number of piperidine rings is 1. The van der Waals surface area contributed by atoms with Gasteiger partial charge in [0.25, 0.3) is 0 Å². The van der Waals surface area contributed by atoms with Gasteiger partial charge in [0.2, 0.25) is 11.8 Å². The molecule has 18 heavy (non-hydrogen) atoms. The fourth-order valence-electron chi connectivity index (χ4n) is 2.78. The standard InChI is InChI=1S/C13H13ClN2O2/c14-8-3-1-2-7(4-8)6-16-12(17)10-9(5-15)11(10)13(16)18/h1-4,9-11H,5-6,15H2. The van der Waals surface area contributed by atoms with Crippen LogP contribution in [0.1, 0.15) is 5.56 Å². The van der Waals surface area contributed by atoms with Crippen LogP contribution < -0.4 is 5.73 Å². The van der Waals surface area contributed by atoms with Gasteiger partial charge in [-0.25, -0.2) is 0 Å². The van der Waals surface area contributed by atoms with Crippen LogP contribution in [0.15, 0.2) is 24.3 Å². The number of hydrogen-bond donors (Lipinski definition) is 1. The van der Waals surface area contributed by atoms with Gasteiger partial charge >= 0.3 is 0 Å². The van der Waals surface area contributed by atoms with Crippen molar-refractivity contribution >= 4 is 23.4 Å². The lowest BCUT2D eigenvalue weighted by Crippen LogP contribution is -2.35. The molecule has 1 aromatic rings. The molecule has 5 heteroatoms. The van der Waals surface area contributed by atoms with Crippen molar-refractivity contribution in [2.75, 3.05) is 6.54 Å². The van der Waals surface area contributed by atoms with Gasteiger partial charge in [0.05, 0.1) is 18.4 Å². The number of imide groups is 1. The van der Waals surface area contributed by atoms with Gasteiger partial charge in [0, 0.05) is 5.02 Å². The number of fused-ring (bicyclic) bond motifs is 1. The summed E-state index contributed by atoms with van der Waals surface area (Å²) in [5, 5.41) is 0.608. The highest BCUT2D eigenvalue weighted by atomic mass is 35.5. The molecule has 1 heterocycles. The van der Waals surface area contributed by atoms with Crippen LogP contribution in [-0.2, 0) is 16.1 Å². The van der Waals surface area contributed by atoms with E-state index in [-0.39, 0.29) is 29.6 Å². The second-order valence-electron chi connectivity index (χ2n) is 4.84. The predicted octanol–water partition coefficient (Wildman–Crippen LogP) is 1.03. The zero-order chi connectivity index (χ0) is 12.9. The number of benzene rings is 1. The number of likely N-dealkylation sites (tertiary alicyclic amines) is 1. The van der Waals surface area contributed by atoms with E-state index in [0.717, 1.165) is 5.56 Å². The number of hydrogen-bond acceptors (Lipinski definition) is 3. The minimum atomic E-state index is -0.165. The fourth-order valence-corrected chi connectivity index (χ4v) is 3.00. The second-order valence-corrected chi connectivity index (χ2v) is 5.28. The molecule has 2 N–H and O–H groups in total. The van der Waals surface area contributed by atoms with Crippen molar-refractivity contribution in [3.63, 3.8) is 0 Å². The second kappa shape index (κ2) is 4.07. The van der Waals surface area contributed by atoms with Crippen molar-refractivity contribution in [3.05, 3.63) is 34.9 Å². The van der Waals surface area contributed by atoms with E-state index in [2.05, 4.69) is 0 Å². The van der Waals surface area contributed by atoms with Crippen LogP contribution in [0.4, 0.5) is 0 Å². The summed E-state index contributed by atoms with van der Waals surface area (Å²) >= 11 is 5.88. The van der Waals surface area contributed by atoms with Gasteiger partial charge in [-0.2, -0.15) is 0 Å². The predicted molar refractivity (Wildman–Crippen MR) is 66.5 cm³/mol. The molecule has 3 rings (SSSR count). The maximum absolute atomic E-state index is 12.0. The molecule has 2 amide bonds. The van der Waals surface area contributed by atoms with E-state index in [0.29, 0.717) is 18.1 Å². The van der Waals surface area contributed by atoms with Crippen LogP contribution in [-0.4, -0.2) is 23.3 Å². The SMILES string of the molecule is NCC1C2C(=O)N(Cc3cccc(Cl)c3)C(=O)C12. The first kappa shape index (κ1) is 11.7. The number of rotatable bonds is 3. The summed E-state index contributed by atoms with van der Waals surface area (Å²) < 4.78 is 0. The Labute approximate surface area is 110 Å². The average molecular weight is 265 g/mol. The normalized spacial score (nSPS) is 29.7. The molecule has 2 aliphatic rings. The Morgan fingerprint density at radius 2 is 1.89 bits per heavy atom. The van der Waals surface area contributed by atoms with Gasteiger partial charge < -0.3 is 5.73 Å². The van der Waals surface area contributed by atoms with E-state index in [1.807, 2.05) is 12.1 Å². The highest BCUT2D eigenvalue weighted by Gasteiger charge is 2.66. The van der Waals surface area contributed by atoms with E-state index in [4.69, 9.17) is 17.3 Å². The Balaban J connectivity index is 1.76. The largest absolute Gasteiger partial charge is 0.330 e. The number of nitrogens with zero attached hydrogens (tertiary/aromatic N) is 1. The summed E-state index contributed by atoms with van der Waals surface area (Å²) in [6.07, 6.45) is 0. The zero-order valence-electron chi connectivity index (χ0n) is 9.67. The Kier molecular flexibility index (Phi) is 2.64. The third kappa shape index (κ3) is 1.64. The monoisotopic (exact) mass is 264 g/mol. The van der Waals surface area contributed by atoms with Gasteiger partial charge in [-0.15, -0.1) is 0 Å². The number of amides is 2. The Morgan fingerprint density at radius 3 is 2.44 bits per heavy atom. The summed E-state index contributed by atoms with van der Waals surface area (Å²) in [6.45, 7) is 0.723. The van der Waals surface area contributed by atoms with Crippen LogP contribution in [0, 0.1) is 17.8 Å². The smallest absolute Gasteiger partial charge is 0.233 e. The average Bonchev–Trinajstić information content (AvgIpc) is 3.03. The molecule has 1 saturated heterocycles. The van der Waals surface area contributed by atoms with Crippen molar-refractivity contribution in [1.29, 1.82) is 0 Å². The van der Waals surface area contributed by atoms with Gasteiger partial charge in [-0.1, -0.05) is 23.7 Å². The van der Waals surface area contributed by atoms with Crippen molar-refractivity contribution < 1.29 is 9.59 Å². The third-order valence-electron chi connectivity index (χ3n) is 3.77. The quantitative estimate of drug-likeness (QED) is 0.830. The highest BCUT2D eigenvalue weighted by molar-refractivity contribution is 6.30. The van der Waals surface area contributed by atoms with Crippen LogP contribution in [0.3, 0.4) is 0 Å². The molecule has 0 spiro atoms. The number of nitrogens with two attached hydrogens (primary N) is 1. The first-order chi connectivity index (χ1) is 8.63. The lowest BCUT2D eigenvalue weighted by Gasteiger charge is -2.18. The van der Waals surface area contributed by atoms with Gasteiger partial charge in [0.1, 0.15) is 0 Å². The molecule has 2 unspecified atom stereocenters. The highest BCUT2D eigenvalue weighted by Crippen LogP contribution is 2.52. The van der Waals surface area contributed by atoms with Crippen LogP contribution in [0.2, 0.25) is 5.02 Å². The lowest BCUT2D eigenvalue weighted by atomic mass is 10.2. The maximum atomic E-state index is 12.0. The van der Waals surface area contributed by atoms with E-state index in [1.54, 1.807) is 12.1 Å². The number of carbonyl (C=O) groups is 2. The molecule has 0 radical (unpaired) electrons. The van der Waals surface area contributed by atoms with Gasteiger partial charge in [-0.05, 0) is 30.2 Å². The van der Waals surface area contributed by atoms with Crippen LogP contribution >= 0.6 is 11.6 Å². The minimum Gasteiger partial charge on any atom is -0.330 e.